The van der Waals surface area contributed by atoms with Crippen molar-refractivity contribution in [3.05, 3.63) is 29.8 Å². The molecule has 0 aromatic heterocycles. The molecule has 0 heterocycles. The van der Waals surface area contributed by atoms with E-state index in [0.717, 1.165) is 0 Å². The Morgan fingerprint density at radius 1 is 1.37 bits per heavy atom. The topological polar surface area (TPSA) is 77.8 Å². The van der Waals surface area contributed by atoms with Gasteiger partial charge in [-0.05, 0) is 31.0 Å². The number of carbonyl (C=O) groups excluding carboxylic acids is 1. The molecule has 5 nitrogen and oxygen atoms in total. The Balaban J connectivity index is 3.37. The summed E-state index contributed by atoms with van der Waals surface area (Å²) in [5.74, 6) is -1.46. The highest BCUT2D eigenvalue weighted by Crippen LogP contribution is 2.31. The molecule has 1 rings (SSSR count). The molecule has 0 spiro atoms. The largest absolute Gasteiger partial charge is 0.508 e. The fourth-order valence-corrected chi connectivity index (χ4v) is 2.12. The molecule has 19 heavy (non-hydrogen) atoms. The highest BCUT2D eigenvalue weighted by molar-refractivity contribution is 5.87. The molecular weight excluding hydrogens is 246 g/mol. The highest BCUT2D eigenvalue weighted by atomic mass is 16.4. The molecular formula is C14H19NO4. The first-order valence-electron chi connectivity index (χ1n) is 6.15. The zero-order chi connectivity index (χ0) is 14.6. The summed E-state index contributed by atoms with van der Waals surface area (Å²) in [4.78, 5) is 24.7. The van der Waals surface area contributed by atoms with Crippen LogP contribution in [0.1, 0.15) is 32.8 Å². The lowest BCUT2D eigenvalue weighted by Crippen LogP contribution is -2.52. The summed E-state index contributed by atoms with van der Waals surface area (Å²) in [6.07, 6.45) is 0.654. The molecule has 1 unspecified atom stereocenters. The van der Waals surface area contributed by atoms with Crippen molar-refractivity contribution >= 4 is 11.9 Å². The van der Waals surface area contributed by atoms with Crippen molar-refractivity contribution in [2.75, 3.05) is 6.54 Å². The van der Waals surface area contributed by atoms with Crippen LogP contribution in [0.4, 0.5) is 0 Å². The number of amides is 1. The van der Waals surface area contributed by atoms with Crippen LogP contribution in [0.2, 0.25) is 0 Å². The van der Waals surface area contributed by atoms with Crippen LogP contribution in [-0.2, 0) is 15.1 Å². The number of phenols is 1. The highest BCUT2D eigenvalue weighted by Gasteiger charge is 2.42. The number of aliphatic carboxylic acids is 1. The van der Waals surface area contributed by atoms with Gasteiger partial charge in [0.05, 0.1) is 0 Å². The molecule has 104 valence electrons. The van der Waals surface area contributed by atoms with Crippen LogP contribution in [0, 0.1) is 0 Å². The van der Waals surface area contributed by atoms with Gasteiger partial charge in [0.2, 0.25) is 5.91 Å². The van der Waals surface area contributed by atoms with Crippen molar-refractivity contribution in [3.8, 4) is 5.75 Å². The normalized spacial score (nSPS) is 13.6. The van der Waals surface area contributed by atoms with Gasteiger partial charge in [0.25, 0.3) is 0 Å². The van der Waals surface area contributed by atoms with Crippen molar-refractivity contribution in [3.63, 3.8) is 0 Å². The first-order chi connectivity index (χ1) is 8.83. The van der Waals surface area contributed by atoms with Gasteiger partial charge in [-0.1, -0.05) is 19.1 Å². The van der Waals surface area contributed by atoms with E-state index >= 15 is 0 Å². The van der Waals surface area contributed by atoms with E-state index in [0.29, 0.717) is 18.5 Å². The zero-order valence-electron chi connectivity index (χ0n) is 11.4. The van der Waals surface area contributed by atoms with Gasteiger partial charge >= 0.3 is 5.97 Å². The summed E-state index contributed by atoms with van der Waals surface area (Å²) in [7, 11) is 0. The van der Waals surface area contributed by atoms with Gasteiger partial charge in [0.15, 0.2) is 5.54 Å². The summed E-state index contributed by atoms with van der Waals surface area (Å²) in [5.41, 5.74) is -1.11. The van der Waals surface area contributed by atoms with Crippen LogP contribution in [0.15, 0.2) is 24.3 Å². The molecule has 2 N–H and O–H groups in total. The average Bonchev–Trinajstić information content (AvgIpc) is 2.34. The van der Waals surface area contributed by atoms with Gasteiger partial charge < -0.3 is 15.1 Å². The summed E-state index contributed by atoms with van der Waals surface area (Å²) in [6, 6.07) is 6.00. The smallest absolute Gasteiger partial charge is 0.334 e. The number of hydrogen-bond acceptors (Lipinski definition) is 3. The fourth-order valence-electron chi connectivity index (χ4n) is 2.12. The molecule has 0 aliphatic carbocycles. The number of carbonyl (C=O) groups is 2. The number of aromatic hydroxyl groups is 1. The number of carboxylic acids is 1. The lowest BCUT2D eigenvalue weighted by atomic mass is 9.89. The molecule has 0 fully saturated rings. The van der Waals surface area contributed by atoms with Crippen LogP contribution >= 0.6 is 0 Å². The molecule has 1 amide bonds. The maximum Gasteiger partial charge on any atom is 0.334 e. The number of nitrogens with zero attached hydrogens (tertiary/aromatic N) is 1. The first kappa shape index (κ1) is 15.0. The second-order valence-corrected chi connectivity index (χ2v) is 4.60. The zero-order valence-corrected chi connectivity index (χ0v) is 11.4. The van der Waals surface area contributed by atoms with Crippen molar-refractivity contribution in [2.45, 2.75) is 32.7 Å². The second-order valence-electron chi connectivity index (χ2n) is 4.60. The number of hydrogen-bond donors (Lipinski definition) is 2. The van der Waals surface area contributed by atoms with Gasteiger partial charge in [0, 0.05) is 13.5 Å². The first-order valence-corrected chi connectivity index (χ1v) is 6.15. The van der Waals surface area contributed by atoms with Gasteiger partial charge in [0.1, 0.15) is 5.75 Å². The van der Waals surface area contributed by atoms with E-state index in [9.17, 15) is 19.8 Å². The minimum atomic E-state index is -1.49. The molecule has 0 saturated heterocycles. The van der Waals surface area contributed by atoms with Crippen LogP contribution < -0.4 is 0 Å². The van der Waals surface area contributed by atoms with Crippen LogP contribution in [0.25, 0.3) is 0 Å². The fraction of sp³-hybridized carbons (Fsp3) is 0.429. The van der Waals surface area contributed by atoms with Gasteiger partial charge in [-0.15, -0.1) is 0 Å². The lowest BCUT2D eigenvalue weighted by molar-refractivity contribution is -0.158. The van der Waals surface area contributed by atoms with E-state index in [1.165, 1.54) is 30.9 Å². The van der Waals surface area contributed by atoms with Gasteiger partial charge in [-0.25, -0.2) is 4.79 Å². The molecule has 0 bridgehead atoms. The number of phenolic OH excluding ortho intramolecular Hbond substituents is 1. The predicted octanol–water partition coefficient (Wildman–Crippen LogP) is 1.95. The van der Waals surface area contributed by atoms with E-state index in [4.69, 9.17) is 0 Å². The molecule has 0 aliphatic rings. The SMILES string of the molecule is CCCN(C(C)=O)C(C)(C(=O)O)c1cccc(O)c1. The van der Waals surface area contributed by atoms with E-state index in [1.807, 2.05) is 6.92 Å². The lowest BCUT2D eigenvalue weighted by Gasteiger charge is -2.37. The Morgan fingerprint density at radius 3 is 2.42 bits per heavy atom. The minimum absolute atomic E-state index is 0.0232. The Bertz CT molecular complexity index is 486. The summed E-state index contributed by atoms with van der Waals surface area (Å²) >= 11 is 0. The third kappa shape index (κ3) is 2.86. The summed E-state index contributed by atoms with van der Waals surface area (Å²) < 4.78 is 0. The Labute approximate surface area is 112 Å². The summed E-state index contributed by atoms with van der Waals surface area (Å²) in [6.45, 7) is 5.04. The second kappa shape index (κ2) is 5.73. The van der Waals surface area contributed by atoms with Crippen LogP contribution in [-0.4, -0.2) is 33.5 Å². The van der Waals surface area contributed by atoms with Gasteiger partial charge in [-0.3, -0.25) is 4.79 Å². The monoisotopic (exact) mass is 265 g/mol. The molecule has 1 atom stereocenters. The van der Waals surface area contributed by atoms with Crippen molar-refractivity contribution in [2.24, 2.45) is 0 Å². The van der Waals surface area contributed by atoms with E-state index in [2.05, 4.69) is 0 Å². The standard InChI is InChI=1S/C14H19NO4/c1-4-8-15(10(2)16)14(3,13(18)19)11-6-5-7-12(17)9-11/h5-7,9,17H,4,8H2,1-3H3,(H,18,19). The third-order valence-corrected chi connectivity index (χ3v) is 3.19. The number of rotatable bonds is 5. The number of carboxylic acid groups (broad SMARTS) is 1. The predicted molar refractivity (Wildman–Crippen MR) is 70.8 cm³/mol. The maximum absolute atomic E-state index is 11.7. The van der Waals surface area contributed by atoms with E-state index in [-0.39, 0.29) is 11.7 Å². The quantitative estimate of drug-likeness (QED) is 0.853. The molecule has 1 aromatic carbocycles. The van der Waals surface area contributed by atoms with Crippen molar-refractivity contribution in [1.29, 1.82) is 0 Å². The minimum Gasteiger partial charge on any atom is -0.508 e. The number of benzene rings is 1. The average molecular weight is 265 g/mol. The maximum atomic E-state index is 11.7. The Morgan fingerprint density at radius 2 is 2.00 bits per heavy atom. The van der Waals surface area contributed by atoms with E-state index < -0.39 is 11.5 Å². The molecule has 0 saturated carbocycles. The van der Waals surface area contributed by atoms with Crippen molar-refractivity contribution in [1.82, 2.24) is 4.90 Å². The third-order valence-electron chi connectivity index (χ3n) is 3.19. The summed E-state index contributed by atoms with van der Waals surface area (Å²) in [5, 5.41) is 19.1. The van der Waals surface area contributed by atoms with Crippen LogP contribution in [0.5, 0.6) is 5.75 Å². The van der Waals surface area contributed by atoms with Crippen LogP contribution in [0.3, 0.4) is 0 Å². The van der Waals surface area contributed by atoms with Crippen molar-refractivity contribution < 1.29 is 19.8 Å². The molecule has 0 aliphatic heterocycles. The molecule has 0 radical (unpaired) electrons. The molecule has 5 heteroatoms. The van der Waals surface area contributed by atoms with E-state index in [1.54, 1.807) is 12.1 Å². The van der Waals surface area contributed by atoms with Gasteiger partial charge in [-0.2, -0.15) is 0 Å². The Kier molecular flexibility index (Phi) is 4.53. The molecule has 1 aromatic rings. The Hall–Kier alpha value is -2.04.